The minimum absolute atomic E-state index is 0.0497. The summed E-state index contributed by atoms with van der Waals surface area (Å²) in [7, 11) is 2.11. The molecular formula is C21H27N3O3. The van der Waals surface area contributed by atoms with Crippen molar-refractivity contribution in [3.63, 3.8) is 0 Å². The predicted octanol–water partition coefficient (Wildman–Crippen LogP) is 1.72. The van der Waals surface area contributed by atoms with Crippen LogP contribution in [0.25, 0.3) is 0 Å². The van der Waals surface area contributed by atoms with E-state index in [1.807, 2.05) is 23.1 Å². The SMILES string of the molecule is CN1CCN(C(=O)[C@H]2C[C@H]3CC[C@H]2C[C@]32NC(=O)c3ccccc3O2)CC1. The zero-order valence-electron chi connectivity index (χ0n) is 15.8. The number of piperazine rings is 1. The van der Waals surface area contributed by atoms with Crippen LogP contribution in [0.4, 0.5) is 0 Å². The van der Waals surface area contributed by atoms with Gasteiger partial charge in [-0.05, 0) is 44.4 Å². The molecule has 4 fully saturated rings. The van der Waals surface area contributed by atoms with Gasteiger partial charge < -0.3 is 19.9 Å². The maximum Gasteiger partial charge on any atom is 0.258 e. The average molecular weight is 369 g/mol. The van der Waals surface area contributed by atoms with Crippen molar-refractivity contribution < 1.29 is 14.3 Å². The number of nitrogens with one attached hydrogen (secondary N) is 1. The Kier molecular flexibility index (Phi) is 3.93. The van der Waals surface area contributed by atoms with Gasteiger partial charge in [-0.25, -0.2) is 0 Å². The van der Waals surface area contributed by atoms with Crippen LogP contribution in [-0.2, 0) is 4.79 Å². The largest absolute Gasteiger partial charge is 0.467 e. The third-order valence-electron chi connectivity index (χ3n) is 7.10. The minimum Gasteiger partial charge on any atom is -0.467 e. The number of carbonyl (C=O) groups excluding carboxylic acids is 2. The van der Waals surface area contributed by atoms with Crippen molar-refractivity contribution in [3.8, 4) is 5.75 Å². The molecule has 1 aromatic carbocycles. The summed E-state index contributed by atoms with van der Waals surface area (Å²) < 4.78 is 6.39. The number of benzene rings is 1. The lowest BCUT2D eigenvalue weighted by atomic mass is 9.59. The molecule has 0 unspecified atom stereocenters. The highest BCUT2D eigenvalue weighted by Gasteiger charge is 2.57. The predicted molar refractivity (Wildman–Crippen MR) is 100 cm³/mol. The molecule has 1 saturated heterocycles. The van der Waals surface area contributed by atoms with E-state index < -0.39 is 5.72 Å². The number of para-hydroxylation sites is 1. The van der Waals surface area contributed by atoms with E-state index in [0.717, 1.165) is 51.9 Å². The summed E-state index contributed by atoms with van der Waals surface area (Å²) in [6.07, 6.45) is 3.62. The van der Waals surface area contributed by atoms with Gasteiger partial charge in [0.1, 0.15) is 5.75 Å². The van der Waals surface area contributed by atoms with E-state index >= 15 is 0 Å². The van der Waals surface area contributed by atoms with Gasteiger partial charge in [-0.15, -0.1) is 0 Å². The molecule has 1 N–H and O–H groups in total. The second-order valence-corrected chi connectivity index (χ2v) is 8.65. The van der Waals surface area contributed by atoms with Crippen LogP contribution < -0.4 is 10.1 Å². The van der Waals surface area contributed by atoms with Crippen molar-refractivity contribution in [2.45, 2.75) is 31.4 Å². The van der Waals surface area contributed by atoms with Gasteiger partial charge in [0.25, 0.3) is 5.91 Å². The zero-order chi connectivity index (χ0) is 18.6. The fraction of sp³-hybridized carbons (Fsp3) is 0.619. The molecule has 1 spiro atoms. The van der Waals surface area contributed by atoms with Crippen molar-refractivity contribution in [2.75, 3.05) is 33.2 Å². The first-order valence-electron chi connectivity index (χ1n) is 10.1. The molecule has 4 atom stereocenters. The van der Waals surface area contributed by atoms with Gasteiger partial charge in [-0.2, -0.15) is 0 Å². The fourth-order valence-electron chi connectivity index (χ4n) is 5.52. The lowest BCUT2D eigenvalue weighted by Gasteiger charge is -2.55. The molecule has 6 heteroatoms. The molecule has 144 valence electrons. The second-order valence-electron chi connectivity index (χ2n) is 8.65. The molecule has 27 heavy (non-hydrogen) atoms. The van der Waals surface area contributed by atoms with Gasteiger partial charge in [0.15, 0.2) is 5.72 Å². The van der Waals surface area contributed by atoms with Crippen LogP contribution >= 0.6 is 0 Å². The molecule has 2 bridgehead atoms. The molecule has 1 aromatic rings. The smallest absolute Gasteiger partial charge is 0.258 e. The van der Waals surface area contributed by atoms with Crippen LogP contribution in [0.1, 0.15) is 36.0 Å². The number of likely N-dealkylation sites (N-methyl/N-ethyl adjacent to an activating group) is 1. The summed E-state index contributed by atoms with van der Waals surface area (Å²) in [6, 6.07) is 7.45. The quantitative estimate of drug-likeness (QED) is 0.819. The lowest BCUT2D eigenvalue weighted by Crippen LogP contribution is -2.67. The molecule has 2 aliphatic heterocycles. The zero-order valence-corrected chi connectivity index (χ0v) is 15.8. The topological polar surface area (TPSA) is 61.9 Å². The van der Waals surface area contributed by atoms with Crippen LogP contribution in [0.5, 0.6) is 5.75 Å². The Balaban J connectivity index is 1.35. The van der Waals surface area contributed by atoms with Crippen molar-refractivity contribution in [2.24, 2.45) is 17.8 Å². The molecule has 2 heterocycles. The van der Waals surface area contributed by atoms with E-state index in [1.54, 1.807) is 6.07 Å². The number of carbonyl (C=O) groups is 2. The average Bonchev–Trinajstić information content (AvgIpc) is 2.68. The molecule has 0 aromatic heterocycles. The Morgan fingerprint density at radius 3 is 2.70 bits per heavy atom. The summed E-state index contributed by atoms with van der Waals surface area (Å²) >= 11 is 0. The molecule has 0 radical (unpaired) electrons. The first kappa shape index (κ1) is 17.0. The molecule has 6 rings (SSSR count). The van der Waals surface area contributed by atoms with Gasteiger partial charge in [0.2, 0.25) is 5.91 Å². The minimum atomic E-state index is -0.632. The van der Waals surface area contributed by atoms with Gasteiger partial charge in [0.05, 0.1) is 5.56 Å². The third-order valence-corrected chi connectivity index (χ3v) is 7.10. The Morgan fingerprint density at radius 1 is 1.19 bits per heavy atom. The molecule has 3 saturated carbocycles. The number of nitrogens with zero attached hydrogens (tertiary/aromatic N) is 2. The number of hydrogen-bond acceptors (Lipinski definition) is 4. The number of fused-ring (bicyclic) bond motifs is 3. The highest BCUT2D eigenvalue weighted by Crippen LogP contribution is 2.52. The maximum atomic E-state index is 13.2. The summed E-state index contributed by atoms with van der Waals surface area (Å²) in [4.78, 5) is 30.1. The monoisotopic (exact) mass is 369 g/mol. The number of rotatable bonds is 1. The highest BCUT2D eigenvalue weighted by molar-refractivity contribution is 5.98. The van der Waals surface area contributed by atoms with Gasteiger partial charge in [-0.3, -0.25) is 9.59 Å². The van der Waals surface area contributed by atoms with Gasteiger partial charge in [-0.1, -0.05) is 12.1 Å². The van der Waals surface area contributed by atoms with Crippen LogP contribution in [0, 0.1) is 17.8 Å². The molecule has 5 aliphatic rings. The maximum absolute atomic E-state index is 13.2. The Morgan fingerprint density at radius 2 is 1.96 bits per heavy atom. The normalized spacial score (nSPS) is 35.5. The van der Waals surface area contributed by atoms with Crippen LogP contribution in [0.15, 0.2) is 24.3 Å². The van der Waals surface area contributed by atoms with E-state index in [9.17, 15) is 9.59 Å². The summed E-state index contributed by atoms with van der Waals surface area (Å²) in [5, 5.41) is 3.17. The van der Waals surface area contributed by atoms with Gasteiger partial charge in [0, 0.05) is 44.4 Å². The lowest BCUT2D eigenvalue weighted by molar-refractivity contribution is -0.156. The molecular weight excluding hydrogens is 342 g/mol. The molecule has 2 amide bonds. The van der Waals surface area contributed by atoms with E-state index in [-0.39, 0.29) is 23.7 Å². The van der Waals surface area contributed by atoms with Crippen molar-refractivity contribution in [3.05, 3.63) is 29.8 Å². The molecule has 3 aliphatic carbocycles. The van der Waals surface area contributed by atoms with Crippen LogP contribution in [0.3, 0.4) is 0 Å². The van der Waals surface area contributed by atoms with Crippen LogP contribution in [-0.4, -0.2) is 60.6 Å². The number of hydrogen-bond donors (Lipinski definition) is 1. The standard InChI is InChI=1S/C21H27N3O3/c1-23-8-10-24(11-9-23)20(26)17-12-15-7-6-14(17)13-21(15)22-19(25)16-4-2-3-5-18(16)27-21/h2-5,14-15,17H,6-13H2,1H3,(H,22,25)/t14-,15+,17-,21+/m0/s1. The van der Waals surface area contributed by atoms with E-state index in [4.69, 9.17) is 4.74 Å². The Bertz CT molecular complexity index is 774. The van der Waals surface area contributed by atoms with Crippen LogP contribution in [0.2, 0.25) is 0 Å². The molecule has 6 nitrogen and oxygen atoms in total. The first-order chi connectivity index (χ1) is 13.1. The van der Waals surface area contributed by atoms with E-state index in [2.05, 4.69) is 17.3 Å². The van der Waals surface area contributed by atoms with Crippen molar-refractivity contribution >= 4 is 11.8 Å². The number of amides is 2. The van der Waals surface area contributed by atoms with E-state index in [1.165, 1.54) is 0 Å². The Hall–Kier alpha value is -2.08. The summed E-state index contributed by atoms with van der Waals surface area (Å²) in [6.45, 7) is 3.56. The van der Waals surface area contributed by atoms with Crippen molar-refractivity contribution in [1.29, 1.82) is 0 Å². The van der Waals surface area contributed by atoms with Gasteiger partial charge >= 0.3 is 0 Å². The third kappa shape index (κ3) is 2.73. The first-order valence-corrected chi connectivity index (χ1v) is 10.1. The summed E-state index contributed by atoms with van der Waals surface area (Å²) in [5.41, 5.74) is -0.0256. The summed E-state index contributed by atoms with van der Waals surface area (Å²) in [5.74, 6) is 1.50. The van der Waals surface area contributed by atoms with E-state index in [0.29, 0.717) is 17.2 Å². The highest BCUT2D eigenvalue weighted by atomic mass is 16.5. The van der Waals surface area contributed by atoms with Crippen molar-refractivity contribution in [1.82, 2.24) is 15.1 Å². The number of ether oxygens (including phenoxy) is 1. The Labute approximate surface area is 159 Å². The fourth-order valence-corrected chi connectivity index (χ4v) is 5.52. The second kappa shape index (κ2) is 6.23.